The van der Waals surface area contributed by atoms with Crippen LogP contribution in [0.15, 0.2) is 0 Å². The molecule has 0 aliphatic heterocycles. The highest BCUT2D eigenvalue weighted by atomic mass is 16.6. The van der Waals surface area contributed by atoms with Crippen LogP contribution in [0.3, 0.4) is 0 Å². The topological polar surface area (TPSA) is 130 Å². The van der Waals surface area contributed by atoms with Crippen LogP contribution in [0.2, 0.25) is 0 Å². The van der Waals surface area contributed by atoms with Crippen LogP contribution >= 0.6 is 0 Å². The second kappa shape index (κ2) is 21.2. The molecule has 0 aliphatic carbocycles. The Morgan fingerprint density at radius 1 is 0.688 bits per heavy atom. The summed E-state index contributed by atoms with van der Waals surface area (Å²) in [4.78, 5) is 33.4. The third kappa shape index (κ3) is 20.2. The molecule has 0 aromatic heterocycles. The van der Waals surface area contributed by atoms with E-state index in [2.05, 4.69) is 11.7 Å². The third-order valence-electron chi connectivity index (χ3n) is 5.23. The van der Waals surface area contributed by atoms with Gasteiger partial charge in [0.2, 0.25) is 0 Å². The molecule has 0 aromatic carbocycles. The van der Waals surface area contributed by atoms with Gasteiger partial charge in [0.05, 0.1) is 6.42 Å². The molecule has 0 aromatic rings. The Hall–Kier alpha value is -1.67. The summed E-state index contributed by atoms with van der Waals surface area (Å²) in [6.45, 7) is 1.44. The Balaban J connectivity index is 3.47. The van der Waals surface area contributed by atoms with Crippen LogP contribution in [0, 0.1) is 0 Å². The van der Waals surface area contributed by atoms with E-state index in [-0.39, 0.29) is 13.0 Å². The molecule has 0 saturated heterocycles. The van der Waals surface area contributed by atoms with Gasteiger partial charge in [-0.05, 0) is 6.42 Å². The number of carboxylic acid groups (broad SMARTS) is 1. The van der Waals surface area contributed by atoms with Crippen LogP contribution in [0.1, 0.15) is 110 Å². The molecule has 3 N–H and O–H groups in total. The fourth-order valence-electron chi connectivity index (χ4n) is 3.30. The number of carbonyl (C=O) groups is 3. The van der Waals surface area contributed by atoms with Crippen LogP contribution < -0.4 is 0 Å². The molecule has 0 saturated carbocycles. The molecule has 1 unspecified atom stereocenters. The maximum atomic E-state index is 11.7. The summed E-state index contributed by atoms with van der Waals surface area (Å²) < 4.78 is 9.53. The number of aliphatic hydroxyl groups excluding tert-OH is 2. The molecular formula is C24H44O8. The number of ether oxygens (including phenoxy) is 2. The number of carbonyl (C=O) groups excluding carboxylic acids is 2. The summed E-state index contributed by atoms with van der Waals surface area (Å²) in [5.74, 6) is -2.90. The summed E-state index contributed by atoms with van der Waals surface area (Å²) in [7, 11) is 0. The van der Waals surface area contributed by atoms with Crippen molar-refractivity contribution in [3.05, 3.63) is 0 Å². The smallest absolute Gasteiger partial charge is 0.335 e. The van der Waals surface area contributed by atoms with Gasteiger partial charge in [-0.1, -0.05) is 90.4 Å². The second-order valence-electron chi connectivity index (χ2n) is 8.43. The number of aliphatic hydroxyl groups is 2. The van der Waals surface area contributed by atoms with Gasteiger partial charge in [-0.15, -0.1) is 0 Å². The molecular weight excluding hydrogens is 416 g/mol. The number of carboxylic acids is 1. The van der Waals surface area contributed by atoms with Gasteiger partial charge in [0.1, 0.15) is 19.3 Å². The molecule has 0 bridgehead atoms. The van der Waals surface area contributed by atoms with Crippen molar-refractivity contribution >= 4 is 17.9 Å². The standard InChI is InChI=1S/C24H44O8/c1-2-3-4-5-6-7-8-9-10-11-12-13-14-15-16-23(29)31-18-20(25)19-32-24(30)21(26)17-22(27)28/h20-21,25-26H,2-19H2,1H3,(H,27,28)/t20?,21-/m0/s1. The molecule has 0 spiro atoms. The summed E-state index contributed by atoms with van der Waals surface area (Å²) >= 11 is 0. The fourth-order valence-corrected chi connectivity index (χ4v) is 3.30. The van der Waals surface area contributed by atoms with Crippen LogP contribution in [0.4, 0.5) is 0 Å². The van der Waals surface area contributed by atoms with Crippen LogP contribution in [-0.4, -0.2) is 58.6 Å². The first kappa shape index (κ1) is 30.3. The molecule has 2 atom stereocenters. The van der Waals surface area contributed by atoms with Crippen LogP contribution in [0.5, 0.6) is 0 Å². The molecule has 0 amide bonds. The van der Waals surface area contributed by atoms with E-state index in [0.29, 0.717) is 0 Å². The van der Waals surface area contributed by atoms with Crippen molar-refractivity contribution in [2.45, 2.75) is 122 Å². The molecule has 0 rings (SSSR count). The third-order valence-corrected chi connectivity index (χ3v) is 5.23. The van der Waals surface area contributed by atoms with E-state index in [4.69, 9.17) is 9.84 Å². The minimum Gasteiger partial charge on any atom is -0.481 e. The first-order valence-electron chi connectivity index (χ1n) is 12.3. The molecule has 32 heavy (non-hydrogen) atoms. The molecule has 8 nitrogen and oxygen atoms in total. The zero-order valence-corrected chi connectivity index (χ0v) is 19.8. The molecule has 188 valence electrons. The number of aliphatic carboxylic acids is 1. The van der Waals surface area contributed by atoms with E-state index in [0.717, 1.165) is 19.3 Å². The van der Waals surface area contributed by atoms with Gasteiger partial charge in [0.25, 0.3) is 0 Å². The van der Waals surface area contributed by atoms with Gasteiger partial charge in [-0.25, -0.2) is 4.79 Å². The van der Waals surface area contributed by atoms with Crippen molar-refractivity contribution < 1.29 is 39.2 Å². The van der Waals surface area contributed by atoms with Crippen molar-refractivity contribution in [1.29, 1.82) is 0 Å². The van der Waals surface area contributed by atoms with Gasteiger partial charge in [0, 0.05) is 6.42 Å². The van der Waals surface area contributed by atoms with E-state index in [9.17, 15) is 24.6 Å². The summed E-state index contributed by atoms with van der Waals surface area (Å²) in [6, 6.07) is 0. The number of esters is 2. The Bertz CT molecular complexity index is 494. The highest BCUT2D eigenvalue weighted by Gasteiger charge is 2.21. The molecule has 0 heterocycles. The highest BCUT2D eigenvalue weighted by molar-refractivity contribution is 5.80. The minimum atomic E-state index is -1.79. The summed E-state index contributed by atoms with van der Waals surface area (Å²) in [5.41, 5.74) is 0. The molecule has 0 aliphatic rings. The van der Waals surface area contributed by atoms with E-state index < -0.39 is 43.1 Å². The van der Waals surface area contributed by atoms with Crippen molar-refractivity contribution in [3.8, 4) is 0 Å². The van der Waals surface area contributed by atoms with Crippen molar-refractivity contribution in [3.63, 3.8) is 0 Å². The van der Waals surface area contributed by atoms with Crippen molar-refractivity contribution in [2.24, 2.45) is 0 Å². The molecule has 0 fully saturated rings. The fraction of sp³-hybridized carbons (Fsp3) is 0.875. The van der Waals surface area contributed by atoms with Crippen LogP contribution in [-0.2, 0) is 23.9 Å². The quantitative estimate of drug-likeness (QED) is 0.162. The van der Waals surface area contributed by atoms with E-state index >= 15 is 0 Å². The predicted octanol–water partition coefficient (Wildman–Crippen LogP) is 4.14. The second-order valence-corrected chi connectivity index (χ2v) is 8.43. The van der Waals surface area contributed by atoms with Crippen molar-refractivity contribution in [1.82, 2.24) is 0 Å². The largest absolute Gasteiger partial charge is 0.481 e. The van der Waals surface area contributed by atoms with Gasteiger partial charge in [-0.2, -0.15) is 0 Å². The SMILES string of the molecule is CCCCCCCCCCCCCCCCC(=O)OCC(O)COC(=O)[C@@H](O)CC(=O)O. The van der Waals surface area contributed by atoms with Gasteiger partial charge in [0.15, 0.2) is 6.10 Å². The van der Waals surface area contributed by atoms with Gasteiger partial charge < -0.3 is 24.8 Å². The Morgan fingerprint density at radius 3 is 1.59 bits per heavy atom. The monoisotopic (exact) mass is 460 g/mol. The van der Waals surface area contributed by atoms with Crippen LogP contribution in [0.25, 0.3) is 0 Å². The average molecular weight is 461 g/mol. The summed E-state index contributed by atoms with van der Waals surface area (Å²) in [5, 5.41) is 27.4. The number of hydrogen-bond acceptors (Lipinski definition) is 7. The summed E-state index contributed by atoms with van der Waals surface area (Å²) in [6.07, 6.45) is 13.8. The molecule has 8 heteroatoms. The number of hydrogen-bond donors (Lipinski definition) is 3. The minimum absolute atomic E-state index is 0.280. The zero-order valence-electron chi connectivity index (χ0n) is 19.8. The maximum absolute atomic E-state index is 11.7. The van der Waals surface area contributed by atoms with Gasteiger partial charge in [-0.3, -0.25) is 9.59 Å². The molecule has 0 radical (unpaired) electrons. The Kier molecular flexibility index (Phi) is 20.1. The van der Waals surface area contributed by atoms with E-state index in [1.54, 1.807) is 0 Å². The lowest BCUT2D eigenvalue weighted by atomic mass is 10.0. The highest BCUT2D eigenvalue weighted by Crippen LogP contribution is 2.13. The van der Waals surface area contributed by atoms with Crippen molar-refractivity contribution in [2.75, 3.05) is 13.2 Å². The first-order chi connectivity index (χ1) is 15.4. The normalized spacial score (nSPS) is 12.8. The predicted molar refractivity (Wildman–Crippen MR) is 121 cm³/mol. The lowest BCUT2D eigenvalue weighted by Gasteiger charge is -2.13. The first-order valence-corrected chi connectivity index (χ1v) is 12.3. The average Bonchev–Trinajstić information content (AvgIpc) is 2.75. The maximum Gasteiger partial charge on any atom is 0.335 e. The lowest BCUT2D eigenvalue weighted by Crippen LogP contribution is -2.31. The zero-order chi connectivity index (χ0) is 24.0. The lowest BCUT2D eigenvalue weighted by molar-refractivity contribution is -0.162. The van der Waals surface area contributed by atoms with E-state index in [1.165, 1.54) is 70.6 Å². The van der Waals surface area contributed by atoms with E-state index in [1.807, 2.05) is 0 Å². The Labute approximate surface area is 192 Å². The van der Waals surface area contributed by atoms with Gasteiger partial charge >= 0.3 is 17.9 Å². The number of unbranched alkanes of at least 4 members (excludes halogenated alkanes) is 13. The number of rotatable bonds is 22. The Morgan fingerprint density at radius 2 is 1.12 bits per heavy atom.